The summed E-state index contributed by atoms with van der Waals surface area (Å²) in [5.41, 5.74) is 1.52. The number of esters is 1. The maximum Gasteiger partial charge on any atom is 0.306 e. The molecule has 0 spiro atoms. The average Bonchev–Trinajstić information content (AvgIpc) is 3.26. The summed E-state index contributed by atoms with van der Waals surface area (Å²) < 4.78 is 4.79. The van der Waals surface area contributed by atoms with Crippen LogP contribution in [0.15, 0.2) is 29.2 Å². The molecule has 0 aliphatic heterocycles. The Balaban J connectivity index is 1.77. The van der Waals surface area contributed by atoms with Crippen LogP contribution in [0.3, 0.4) is 0 Å². The van der Waals surface area contributed by atoms with Crippen LogP contribution in [0.5, 0.6) is 0 Å². The largest absolute Gasteiger partial charge is 0.469 e. The number of carbonyl (C=O) groups is 1. The number of benzene rings is 1. The van der Waals surface area contributed by atoms with E-state index in [0.29, 0.717) is 6.42 Å². The zero-order valence-corrected chi connectivity index (χ0v) is 13.8. The maximum absolute atomic E-state index is 11.4. The monoisotopic (exact) mass is 307 g/mol. The molecule has 0 aromatic heterocycles. The number of hydrogen-bond donors (Lipinski definition) is 1. The number of hydrogen-bond acceptors (Lipinski definition) is 4. The minimum Gasteiger partial charge on any atom is -0.469 e. The molecule has 2 rings (SSSR count). The van der Waals surface area contributed by atoms with Crippen molar-refractivity contribution >= 4 is 17.7 Å². The number of carbonyl (C=O) groups excluding carboxylic acids is 1. The summed E-state index contributed by atoms with van der Waals surface area (Å²) in [6, 6.07) is 8.74. The minimum atomic E-state index is -0.0783. The fourth-order valence-electron chi connectivity index (χ4n) is 2.28. The zero-order chi connectivity index (χ0) is 15.1. The summed E-state index contributed by atoms with van der Waals surface area (Å²) in [4.78, 5) is 12.7. The van der Waals surface area contributed by atoms with Gasteiger partial charge in [0.05, 0.1) is 13.5 Å². The van der Waals surface area contributed by atoms with Crippen LogP contribution >= 0.6 is 11.8 Å². The summed E-state index contributed by atoms with van der Waals surface area (Å²) in [5, 5.41) is 3.41. The molecule has 0 radical (unpaired) electrons. The average molecular weight is 307 g/mol. The smallest absolute Gasteiger partial charge is 0.306 e. The third kappa shape index (κ3) is 5.36. The Morgan fingerprint density at radius 3 is 2.62 bits per heavy atom. The maximum atomic E-state index is 11.4. The molecular weight excluding hydrogens is 282 g/mol. The van der Waals surface area contributed by atoms with Gasteiger partial charge >= 0.3 is 5.97 Å². The van der Waals surface area contributed by atoms with Gasteiger partial charge in [-0.05, 0) is 48.9 Å². The number of nitrogens with one attached hydrogen (secondary N) is 1. The standard InChI is InChI=1S/C17H25NO2S/c1-3-10-18-12-14-4-6-15(7-5-14)21-13-17(8-9-17)11-16(19)20-2/h4-7,18H,3,8-13H2,1-2H3. The van der Waals surface area contributed by atoms with Crippen LogP contribution in [0.1, 0.15) is 38.2 Å². The molecule has 1 aliphatic carbocycles. The van der Waals surface area contributed by atoms with E-state index in [0.717, 1.165) is 38.1 Å². The molecule has 4 heteroatoms. The molecule has 1 aromatic rings. The summed E-state index contributed by atoms with van der Waals surface area (Å²) in [6.45, 7) is 4.17. The van der Waals surface area contributed by atoms with E-state index in [1.54, 1.807) is 0 Å². The Kier molecular flexibility index (Phi) is 6.12. The van der Waals surface area contributed by atoms with E-state index in [1.165, 1.54) is 17.6 Å². The van der Waals surface area contributed by atoms with Crippen molar-refractivity contribution in [1.82, 2.24) is 5.32 Å². The van der Waals surface area contributed by atoms with Gasteiger partial charge in [-0.25, -0.2) is 0 Å². The fraction of sp³-hybridized carbons (Fsp3) is 0.588. The van der Waals surface area contributed by atoms with Gasteiger partial charge in [0.15, 0.2) is 0 Å². The molecule has 1 aromatic carbocycles. The number of ether oxygens (including phenoxy) is 1. The summed E-state index contributed by atoms with van der Waals surface area (Å²) >= 11 is 1.85. The van der Waals surface area contributed by atoms with Gasteiger partial charge < -0.3 is 10.1 Å². The first-order chi connectivity index (χ1) is 10.2. The SMILES string of the molecule is CCCNCc1ccc(SCC2(CC(=O)OC)CC2)cc1. The van der Waals surface area contributed by atoms with Crippen molar-refractivity contribution in [2.24, 2.45) is 5.41 Å². The molecule has 1 saturated carbocycles. The lowest BCUT2D eigenvalue weighted by molar-refractivity contribution is -0.141. The van der Waals surface area contributed by atoms with Crippen LogP contribution < -0.4 is 5.32 Å². The van der Waals surface area contributed by atoms with Crippen LogP contribution in [0, 0.1) is 5.41 Å². The van der Waals surface area contributed by atoms with Crippen molar-refractivity contribution in [3.05, 3.63) is 29.8 Å². The van der Waals surface area contributed by atoms with Crippen molar-refractivity contribution in [3.63, 3.8) is 0 Å². The van der Waals surface area contributed by atoms with Gasteiger partial charge in [-0.1, -0.05) is 19.1 Å². The Bertz CT molecular complexity index is 454. The second kappa shape index (κ2) is 7.85. The highest BCUT2D eigenvalue weighted by molar-refractivity contribution is 7.99. The Morgan fingerprint density at radius 2 is 2.05 bits per heavy atom. The first-order valence-electron chi connectivity index (χ1n) is 7.67. The van der Waals surface area contributed by atoms with E-state index in [2.05, 4.69) is 36.5 Å². The molecule has 0 atom stereocenters. The van der Waals surface area contributed by atoms with Crippen LogP contribution in [0.2, 0.25) is 0 Å². The van der Waals surface area contributed by atoms with Gasteiger partial charge in [-0.3, -0.25) is 4.79 Å². The summed E-state index contributed by atoms with van der Waals surface area (Å²) in [7, 11) is 1.47. The highest BCUT2D eigenvalue weighted by Crippen LogP contribution is 2.52. The van der Waals surface area contributed by atoms with E-state index >= 15 is 0 Å². The second-order valence-corrected chi connectivity index (χ2v) is 6.91. The normalized spacial score (nSPS) is 15.7. The Morgan fingerprint density at radius 1 is 1.33 bits per heavy atom. The highest BCUT2D eigenvalue weighted by atomic mass is 32.2. The third-order valence-electron chi connectivity index (χ3n) is 3.93. The quantitative estimate of drug-likeness (QED) is 0.429. The number of rotatable bonds is 9. The summed E-state index contributed by atoms with van der Waals surface area (Å²) in [5.74, 6) is 0.931. The molecule has 0 bridgehead atoms. The molecular formula is C17H25NO2S. The second-order valence-electron chi connectivity index (χ2n) is 5.86. The first kappa shape index (κ1) is 16.4. The molecule has 21 heavy (non-hydrogen) atoms. The van der Waals surface area contributed by atoms with Crippen LogP contribution in [-0.2, 0) is 16.1 Å². The molecule has 1 fully saturated rings. The van der Waals surface area contributed by atoms with Gasteiger partial charge in [-0.15, -0.1) is 11.8 Å². The predicted octanol–water partition coefficient (Wildman–Crippen LogP) is 3.62. The van der Waals surface area contributed by atoms with Crippen LogP contribution in [-0.4, -0.2) is 25.4 Å². The van der Waals surface area contributed by atoms with E-state index in [9.17, 15) is 4.79 Å². The lowest BCUT2D eigenvalue weighted by Crippen LogP contribution is -2.13. The van der Waals surface area contributed by atoms with Crippen molar-refractivity contribution in [2.75, 3.05) is 19.4 Å². The Hall–Kier alpha value is -1.00. The third-order valence-corrected chi connectivity index (χ3v) is 5.29. The van der Waals surface area contributed by atoms with Gasteiger partial charge in [-0.2, -0.15) is 0 Å². The molecule has 1 aliphatic rings. The molecule has 0 amide bonds. The van der Waals surface area contributed by atoms with E-state index in [-0.39, 0.29) is 11.4 Å². The van der Waals surface area contributed by atoms with Crippen LogP contribution in [0.25, 0.3) is 0 Å². The lowest BCUT2D eigenvalue weighted by Gasteiger charge is -2.13. The van der Waals surface area contributed by atoms with Gasteiger partial charge in [0.25, 0.3) is 0 Å². The van der Waals surface area contributed by atoms with Crippen molar-refractivity contribution in [1.29, 1.82) is 0 Å². The topological polar surface area (TPSA) is 38.3 Å². The van der Waals surface area contributed by atoms with Crippen molar-refractivity contribution in [2.45, 2.75) is 44.0 Å². The molecule has 116 valence electrons. The van der Waals surface area contributed by atoms with E-state index in [1.807, 2.05) is 11.8 Å². The van der Waals surface area contributed by atoms with E-state index < -0.39 is 0 Å². The van der Waals surface area contributed by atoms with Gasteiger partial charge in [0.1, 0.15) is 0 Å². The van der Waals surface area contributed by atoms with Gasteiger partial charge in [0, 0.05) is 17.2 Å². The van der Waals surface area contributed by atoms with Gasteiger partial charge in [0.2, 0.25) is 0 Å². The number of methoxy groups -OCH3 is 1. The Labute approximate surface area is 131 Å². The van der Waals surface area contributed by atoms with Crippen molar-refractivity contribution < 1.29 is 9.53 Å². The molecule has 0 saturated heterocycles. The molecule has 0 unspecified atom stereocenters. The van der Waals surface area contributed by atoms with E-state index in [4.69, 9.17) is 4.74 Å². The summed E-state index contributed by atoms with van der Waals surface area (Å²) in [6.07, 6.45) is 4.02. The predicted molar refractivity (Wildman–Crippen MR) is 87.5 cm³/mol. The first-order valence-corrected chi connectivity index (χ1v) is 8.65. The molecule has 0 heterocycles. The minimum absolute atomic E-state index is 0.0783. The van der Waals surface area contributed by atoms with Crippen molar-refractivity contribution in [3.8, 4) is 0 Å². The fourth-order valence-corrected chi connectivity index (χ4v) is 3.47. The zero-order valence-electron chi connectivity index (χ0n) is 13.0. The molecule has 3 nitrogen and oxygen atoms in total. The number of thioether (sulfide) groups is 1. The van der Waals surface area contributed by atoms with Crippen LogP contribution in [0.4, 0.5) is 0 Å². The highest BCUT2D eigenvalue weighted by Gasteiger charge is 2.44. The molecule has 1 N–H and O–H groups in total. The lowest BCUT2D eigenvalue weighted by atomic mass is 10.1.